The van der Waals surface area contributed by atoms with Gasteiger partial charge in [0.15, 0.2) is 0 Å². The van der Waals surface area contributed by atoms with Crippen LogP contribution < -0.4 is 4.31 Å². The first-order valence-electron chi connectivity index (χ1n) is 7.74. The van der Waals surface area contributed by atoms with E-state index < -0.39 is 21.8 Å². The Labute approximate surface area is 164 Å². The highest BCUT2D eigenvalue weighted by molar-refractivity contribution is 7.92. The zero-order chi connectivity index (χ0) is 19.8. The minimum Gasteiger partial charge on any atom is -0.462 e. The summed E-state index contributed by atoms with van der Waals surface area (Å²) in [5.41, 5.74) is 0.476. The normalized spacial score (nSPS) is 11.6. The summed E-state index contributed by atoms with van der Waals surface area (Å²) in [6, 6.07) is 4.42. The number of hydrogen-bond donors (Lipinski definition) is 0. The first-order chi connectivity index (χ1) is 12.8. The lowest BCUT2D eigenvalue weighted by atomic mass is 10.1. The fourth-order valence-corrected chi connectivity index (χ4v) is 4.77. The standard InChI is InChI=1S/C17H14ClFN2O4S2/c1-3-25-17(22)12-8-20-14-13(9-26-16(14)18)15(12)21(2)27(23,24)11-6-4-10(19)5-7-11/h4-9H,3H2,1-2H3. The topological polar surface area (TPSA) is 76.6 Å². The highest BCUT2D eigenvalue weighted by atomic mass is 35.5. The van der Waals surface area contributed by atoms with Gasteiger partial charge < -0.3 is 4.74 Å². The van der Waals surface area contributed by atoms with Gasteiger partial charge >= 0.3 is 5.97 Å². The predicted octanol–water partition coefficient (Wildman–Crippen LogP) is 4.09. The maximum atomic E-state index is 13.2. The van der Waals surface area contributed by atoms with Gasteiger partial charge in [-0.15, -0.1) is 11.3 Å². The number of carbonyl (C=O) groups excluding carboxylic acids is 1. The van der Waals surface area contributed by atoms with E-state index in [1.54, 1.807) is 12.3 Å². The Morgan fingerprint density at radius 1 is 1.33 bits per heavy atom. The van der Waals surface area contributed by atoms with E-state index in [9.17, 15) is 17.6 Å². The van der Waals surface area contributed by atoms with E-state index in [0.29, 0.717) is 15.2 Å². The summed E-state index contributed by atoms with van der Waals surface area (Å²) in [4.78, 5) is 16.4. The SMILES string of the molecule is CCOC(=O)c1cnc2c(Cl)scc2c1N(C)S(=O)(=O)c1ccc(F)cc1. The number of sulfonamides is 1. The van der Waals surface area contributed by atoms with Crippen molar-refractivity contribution in [1.29, 1.82) is 0 Å². The van der Waals surface area contributed by atoms with Gasteiger partial charge in [0.05, 0.1) is 17.2 Å². The maximum Gasteiger partial charge on any atom is 0.341 e. The second-order valence-electron chi connectivity index (χ2n) is 5.44. The van der Waals surface area contributed by atoms with Crippen molar-refractivity contribution in [2.75, 3.05) is 18.0 Å². The number of nitrogens with zero attached hydrogens (tertiary/aromatic N) is 2. The van der Waals surface area contributed by atoms with Crippen molar-refractivity contribution in [1.82, 2.24) is 4.98 Å². The molecule has 0 atom stereocenters. The van der Waals surface area contributed by atoms with Crippen molar-refractivity contribution in [3.05, 3.63) is 51.6 Å². The minimum absolute atomic E-state index is 0.00740. The van der Waals surface area contributed by atoms with Crippen molar-refractivity contribution >= 4 is 55.5 Å². The number of benzene rings is 1. The van der Waals surface area contributed by atoms with Crippen molar-refractivity contribution in [3.63, 3.8) is 0 Å². The zero-order valence-corrected chi connectivity index (χ0v) is 16.7. The van der Waals surface area contributed by atoms with Gasteiger partial charge in [0, 0.05) is 24.0 Å². The third-order valence-electron chi connectivity index (χ3n) is 3.84. The number of pyridine rings is 1. The molecule has 3 rings (SSSR count). The number of halogens is 2. The molecule has 2 aromatic heterocycles. The average molecular weight is 429 g/mol. The van der Waals surface area contributed by atoms with Crippen LogP contribution in [0.5, 0.6) is 0 Å². The van der Waals surface area contributed by atoms with Crippen molar-refractivity contribution in [2.45, 2.75) is 11.8 Å². The van der Waals surface area contributed by atoms with E-state index in [-0.39, 0.29) is 22.8 Å². The molecule has 3 aromatic rings. The van der Waals surface area contributed by atoms with E-state index in [1.807, 2.05) is 0 Å². The summed E-state index contributed by atoms with van der Waals surface area (Å²) in [6.07, 6.45) is 1.24. The smallest absolute Gasteiger partial charge is 0.341 e. The average Bonchev–Trinajstić information content (AvgIpc) is 3.02. The molecule has 27 heavy (non-hydrogen) atoms. The largest absolute Gasteiger partial charge is 0.462 e. The summed E-state index contributed by atoms with van der Waals surface area (Å²) in [5.74, 6) is -1.26. The van der Waals surface area contributed by atoms with Crippen LogP contribution in [-0.4, -0.2) is 33.0 Å². The molecule has 0 unspecified atom stereocenters. The molecule has 0 fully saturated rings. The van der Waals surface area contributed by atoms with Gasteiger partial charge in [-0.2, -0.15) is 0 Å². The summed E-state index contributed by atoms with van der Waals surface area (Å²) in [7, 11) is -2.76. The van der Waals surface area contributed by atoms with Crippen LogP contribution >= 0.6 is 22.9 Å². The highest BCUT2D eigenvalue weighted by Crippen LogP contribution is 2.38. The fraction of sp³-hybridized carbons (Fsp3) is 0.176. The maximum absolute atomic E-state index is 13.2. The van der Waals surface area contributed by atoms with Crippen LogP contribution in [0.1, 0.15) is 17.3 Å². The van der Waals surface area contributed by atoms with Gasteiger partial charge in [0.25, 0.3) is 10.0 Å². The fourth-order valence-electron chi connectivity index (χ4n) is 2.53. The minimum atomic E-state index is -4.07. The number of anilines is 1. The highest BCUT2D eigenvalue weighted by Gasteiger charge is 2.29. The number of aromatic nitrogens is 1. The Bertz CT molecular complexity index is 1110. The number of carbonyl (C=O) groups is 1. The molecule has 0 bridgehead atoms. The Morgan fingerprint density at radius 3 is 2.63 bits per heavy atom. The molecular formula is C17H14ClFN2O4S2. The number of esters is 1. The lowest BCUT2D eigenvalue weighted by molar-refractivity contribution is 0.0527. The van der Waals surface area contributed by atoms with E-state index in [1.165, 1.54) is 24.6 Å². The zero-order valence-electron chi connectivity index (χ0n) is 14.3. The molecule has 0 saturated heterocycles. The van der Waals surface area contributed by atoms with Crippen LogP contribution in [0.4, 0.5) is 10.1 Å². The first-order valence-corrected chi connectivity index (χ1v) is 10.4. The molecule has 10 heteroatoms. The van der Waals surface area contributed by atoms with Crippen LogP contribution in [0.2, 0.25) is 4.34 Å². The van der Waals surface area contributed by atoms with Crippen LogP contribution in [0.3, 0.4) is 0 Å². The first kappa shape index (κ1) is 19.5. The molecule has 6 nitrogen and oxygen atoms in total. The number of fused-ring (bicyclic) bond motifs is 1. The lowest BCUT2D eigenvalue weighted by Crippen LogP contribution is -2.28. The van der Waals surface area contributed by atoms with E-state index >= 15 is 0 Å². The third kappa shape index (κ3) is 3.50. The molecule has 0 aliphatic carbocycles. The predicted molar refractivity (Wildman–Crippen MR) is 103 cm³/mol. The summed E-state index contributed by atoms with van der Waals surface area (Å²) < 4.78 is 45.6. The van der Waals surface area contributed by atoms with Crippen molar-refractivity contribution in [3.8, 4) is 0 Å². The number of ether oxygens (including phenoxy) is 1. The van der Waals surface area contributed by atoms with Crippen molar-refractivity contribution in [2.24, 2.45) is 0 Å². The molecule has 0 aliphatic rings. The summed E-state index contributed by atoms with van der Waals surface area (Å²) >= 11 is 7.29. The van der Waals surface area contributed by atoms with Gasteiger partial charge in [-0.1, -0.05) is 11.6 Å². The van der Waals surface area contributed by atoms with Gasteiger partial charge in [-0.05, 0) is 31.2 Å². The quantitative estimate of drug-likeness (QED) is 0.572. The number of rotatable bonds is 5. The van der Waals surface area contributed by atoms with Crippen LogP contribution in [0.25, 0.3) is 10.9 Å². The molecular weight excluding hydrogens is 415 g/mol. The Kier molecular flexibility index (Phi) is 5.36. The van der Waals surface area contributed by atoms with Crippen LogP contribution in [-0.2, 0) is 14.8 Å². The second kappa shape index (κ2) is 7.41. The van der Waals surface area contributed by atoms with Gasteiger partial charge in [-0.25, -0.2) is 17.6 Å². The van der Waals surface area contributed by atoms with Crippen LogP contribution in [0.15, 0.2) is 40.7 Å². The lowest BCUT2D eigenvalue weighted by Gasteiger charge is -2.22. The van der Waals surface area contributed by atoms with E-state index in [0.717, 1.165) is 28.6 Å². The molecule has 2 heterocycles. The van der Waals surface area contributed by atoms with E-state index in [2.05, 4.69) is 4.98 Å². The molecule has 142 valence electrons. The molecule has 0 N–H and O–H groups in total. The van der Waals surface area contributed by atoms with Gasteiger partial charge in [-0.3, -0.25) is 9.29 Å². The van der Waals surface area contributed by atoms with Crippen molar-refractivity contribution < 1.29 is 22.3 Å². The molecule has 0 saturated carbocycles. The molecule has 0 radical (unpaired) electrons. The molecule has 0 aliphatic heterocycles. The monoisotopic (exact) mass is 428 g/mol. The number of hydrogen-bond acceptors (Lipinski definition) is 6. The van der Waals surface area contributed by atoms with Crippen LogP contribution in [0, 0.1) is 5.82 Å². The van der Waals surface area contributed by atoms with Gasteiger partial charge in [0.1, 0.15) is 21.2 Å². The molecule has 1 aromatic carbocycles. The summed E-state index contributed by atoms with van der Waals surface area (Å²) in [6.45, 7) is 1.76. The Balaban J connectivity index is 2.22. The van der Waals surface area contributed by atoms with E-state index in [4.69, 9.17) is 16.3 Å². The Morgan fingerprint density at radius 2 is 2.00 bits per heavy atom. The van der Waals surface area contributed by atoms with Gasteiger partial charge in [0.2, 0.25) is 0 Å². The second-order valence-corrected chi connectivity index (χ2v) is 8.89. The third-order valence-corrected chi connectivity index (χ3v) is 6.81. The molecule has 0 amide bonds. The number of thiophene rings is 1. The Hall–Kier alpha value is -2.23. The summed E-state index contributed by atoms with van der Waals surface area (Å²) in [5, 5.41) is 2.03. The molecule has 0 spiro atoms.